The van der Waals surface area contributed by atoms with Crippen LogP contribution in [-0.4, -0.2) is 31.7 Å². The molecule has 1 atom stereocenters. The Morgan fingerprint density at radius 2 is 1.93 bits per heavy atom. The predicted molar refractivity (Wildman–Crippen MR) is 105 cm³/mol. The number of rotatable bonds is 7. The Morgan fingerprint density at radius 1 is 1.21 bits per heavy atom. The van der Waals surface area contributed by atoms with Gasteiger partial charge in [-0.05, 0) is 49.6 Å². The molecule has 6 nitrogen and oxygen atoms in total. The number of amides is 1. The number of pyridine rings is 1. The van der Waals surface area contributed by atoms with Crippen molar-refractivity contribution in [3.8, 4) is 11.4 Å². The second-order valence-electron chi connectivity index (χ2n) is 6.62. The number of carbonyl (C=O) groups is 1. The number of hydrogen-bond acceptors (Lipinski definition) is 5. The maximum absolute atomic E-state index is 13.4. The third-order valence-corrected chi connectivity index (χ3v) is 5.76. The molecular weight excluding hydrogens is 377 g/mol. The molecule has 1 aliphatic carbocycles. The van der Waals surface area contributed by atoms with Gasteiger partial charge in [-0.15, -0.1) is 10.2 Å². The molecule has 0 radical (unpaired) electrons. The van der Waals surface area contributed by atoms with Gasteiger partial charge in [0.2, 0.25) is 5.91 Å². The smallest absolute Gasteiger partial charge is 0.238 e. The van der Waals surface area contributed by atoms with Gasteiger partial charge in [0.25, 0.3) is 0 Å². The lowest BCUT2D eigenvalue weighted by molar-refractivity contribution is -0.120. The monoisotopic (exact) mass is 397 g/mol. The molecule has 0 aliphatic heterocycles. The average Bonchev–Trinajstić information content (AvgIpc) is 3.44. The largest absolute Gasteiger partial charge is 0.352 e. The van der Waals surface area contributed by atoms with Crippen LogP contribution >= 0.6 is 11.8 Å². The van der Waals surface area contributed by atoms with Crippen LogP contribution in [0.3, 0.4) is 0 Å². The van der Waals surface area contributed by atoms with E-state index in [1.54, 1.807) is 24.5 Å². The van der Waals surface area contributed by atoms with Crippen LogP contribution in [0.5, 0.6) is 0 Å². The molecule has 1 N–H and O–H groups in total. The van der Waals surface area contributed by atoms with Gasteiger partial charge in [0.15, 0.2) is 11.0 Å². The number of nitrogens with one attached hydrogen (secondary N) is 1. The third kappa shape index (κ3) is 4.06. The van der Waals surface area contributed by atoms with E-state index in [1.807, 2.05) is 23.6 Å². The molecule has 1 aromatic carbocycles. The number of hydrogen-bond donors (Lipinski definition) is 1. The summed E-state index contributed by atoms with van der Waals surface area (Å²) in [6.45, 7) is 2.67. The first-order valence-electron chi connectivity index (χ1n) is 9.21. The summed E-state index contributed by atoms with van der Waals surface area (Å²) in [5.74, 6) is 0.315. The maximum Gasteiger partial charge on any atom is 0.238 e. The molecular formula is C20H20FN5OS. The van der Waals surface area contributed by atoms with Crippen molar-refractivity contribution in [2.45, 2.75) is 42.8 Å². The van der Waals surface area contributed by atoms with E-state index in [1.165, 1.54) is 23.9 Å². The fourth-order valence-electron chi connectivity index (χ4n) is 2.90. The first kappa shape index (κ1) is 18.6. The lowest BCUT2D eigenvalue weighted by Gasteiger charge is -2.17. The van der Waals surface area contributed by atoms with Crippen molar-refractivity contribution in [2.75, 3.05) is 0 Å². The Labute approximate surface area is 166 Å². The normalized spacial score (nSPS) is 14.6. The summed E-state index contributed by atoms with van der Waals surface area (Å²) in [6.07, 6.45) is 5.43. The van der Waals surface area contributed by atoms with E-state index in [4.69, 9.17) is 0 Å². The van der Waals surface area contributed by atoms with Crippen LogP contribution in [0.2, 0.25) is 0 Å². The lowest BCUT2D eigenvalue weighted by Crippen LogP contribution is -2.30. The zero-order chi connectivity index (χ0) is 19.5. The minimum Gasteiger partial charge on any atom is -0.352 e. The van der Waals surface area contributed by atoms with E-state index < -0.39 is 5.25 Å². The molecule has 1 amide bonds. The van der Waals surface area contributed by atoms with Gasteiger partial charge in [-0.1, -0.05) is 23.9 Å². The molecule has 4 rings (SSSR count). The minimum atomic E-state index is -0.527. The molecule has 1 saturated carbocycles. The molecule has 2 heterocycles. The number of thioether (sulfide) groups is 1. The number of nitrogens with zero attached hydrogens (tertiary/aromatic N) is 4. The molecule has 0 spiro atoms. The van der Waals surface area contributed by atoms with Crippen LogP contribution in [0.4, 0.5) is 4.39 Å². The summed E-state index contributed by atoms with van der Waals surface area (Å²) in [5, 5.41) is 11.8. The van der Waals surface area contributed by atoms with Gasteiger partial charge in [-0.2, -0.15) is 0 Å². The van der Waals surface area contributed by atoms with E-state index in [2.05, 4.69) is 20.5 Å². The molecule has 28 heavy (non-hydrogen) atoms. The molecule has 1 aliphatic rings. The van der Waals surface area contributed by atoms with Gasteiger partial charge < -0.3 is 9.88 Å². The zero-order valence-corrected chi connectivity index (χ0v) is 16.2. The van der Waals surface area contributed by atoms with E-state index >= 15 is 0 Å². The summed E-state index contributed by atoms with van der Waals surface area (Å²) < 4.78 is 15.3. The number of aromatic nitrogens is 4. The van der Waals surface area contributed by atoms with Crippen LogP contribution < -0.4 is 5.32 Å². The Hall–Kier alpha value is -2.74. The number of halogens is 1. The van der Waals surface area contributed by atoms with Gasteiger partial charge in [0.1, 0.15) is 11.1 Å². The Kier molecular flexibility index (Phi) is 5.38. The van der Waals surface area contributed by atoms with E-state index in [9.17, 15) is 9.18 Å². The van der Waals surface area contributed by atoms with Gasteiger partial charge in [0, 0.05) is 30.5 Å². The highest BCUT2D eigenvalue weighted by atomic mass is 32.2. The highest BCUT2D eigenvalue weighted by Crippen LogP contribution is 2.37. The van der Waals surface area contributed by atoms with Crippen molar-refractivity contribution in [3.63, 3.8) is 0 Å². The molecule has 8 heteroatoms. The van der Waals surface area contributed by atoms with Gasteiger partial charge in [-0.3, -0.25) is 9.78 Å². The number of carbonyl (C=O) groups excluding carboxylic acids is 1. The summed E-state index contributed by atoms with van der Waals surface area (Å²) in [7, 11) is 0. The fraction of sp³-hybridized carbons (Fsp3) is 0.300. The van der Waals surface area contributed by atoms with Crippen molar-refractivity contribution in [1.82, 2.24) is 25.1 Å². The average molecular weight is 397 g/mol. The molecule has 1 unspecified atom stereocenters. The molecule has 0 saturated heterocycles. The first-order chi connectivity index (χ1) is 13.7. The fourth-order valence-corrected chi connectivity index (χ4v) is 4.01. The van der Waals surface area contributed by atoms with Crippen LogP contribution in [0.25, 0.3) is 11.4 Å². The standard InChI is InChI=1S/C20H20FN5OS/c1-2-26-18(14-9-11-22-12-10-14)24-25-20(26)28-17(19(27)23-16-7-8-16)13-3-5-15(21)6-4-13/h3-6,9-12,16-17H,2,7-8H2,1H3,(H,23,27). The van der Waals surface area contributed by atoms with Crippen molar-refractivity contribution in [3.05, 3.63) is 60.2 Å². The molecule has 1 fully saturated rings. The quantitative estimate of drug-likeness (QED) is 0.617. The second kappa shape index (κ2) is 8.10. The van der Waals surface area contributed by atoms with E-state index in [-0.39, 0.29) is 17.8 Å². The molecule has 144 valence electrons. The Morgan fingerprint density at radius 3 is 2.57 bits per heavy atom. The van der Waals surface area contributed by atoms with Crippen LogP contribution in [0.15, 0.2) is 53.9 Å². The van der Waals surface area contributed by atoms with E-state index in [0.717, 1.165) is 29.8 Å². The Balaban J connectivity index is 1.65. The van der Waals surface area contributed by atoms with Crippen molar-refractivity contribution in [1.29, 1.82) is 0 Å². The highest BCUT2D eigenvalue weighted by Gasteiger charge is 2.30. The van der Waals surface area contributed by atoms with Gasteiger partial charge >= 0.3 is 0 Å². The minimum absolute atomic E-state index is 0.0878. The lowest BCUT2D eigenvalue weighted by atomic mass is 10.1. The predicted octanol–water partition coefficient (Wildman–Crippen LogP) is 3.61. The first-order valence-corrected chi connectivity index (χ1v) is 10.1. The van der Waals surface area contributed by atoms with Gasteiger partial charge in [0.05, 0.1) is 0 Å². The summed E-state index contributed by atoms with van der Waals surface area (Å²) in [5.41, 5.74) is 1.65. The van der Waals surface area contributed by atoms with Crippen molar-refractivity contribution < 1.29 is 9.18 Å². The SMILES string of the molecule is CCn1c(SC(C(=O)NC2CC2)c2ccc(F)cc2)nnc1-c1ccncc1. The van der Waals surface area contributed by atoms with Crippen LogP contribution in [-0.2, 0) is 11.3 Å². The van der Waals surface area contributed by atoms with Crippen molar-refractivity contribution >= 4 is 17.7 Å². The topological polar surface area (TPSA) is 72.7 Å². The van der Waals surface area contributed by atoms with Gasteiger partial charge in [-0.25, -0.2) is 4.39 Å². The summed E-state index contributed by atoms with van der Waals surface area (Å²) in [6, 6.07) is 10.0. The summed E-state index contributed by atoms with van der Waals surface area (Å²) in [4.78, 5) is 16.9. The van der Waals surface area contributed by atoms with Crippen molar-refractivity contribution in [2.24, 2.45) is 0 Å². The van der Waals surface area contributed by atoms with Crippen LogP contribution in [0, 0.1) is 5.82 Å². The highest BCUT2D eigenvalue weighted by molar-refractivity contribution is 8.00. The second-order valence-corrected chi connectivity index (χ2v) is 7.69. The zero-order valence-electron chi connectivity index (χ0n) is 15.4. The third-order valence-electron chi connectivity index (χ3n) is 4.53. The number of benzene rings is 1. The maximum atomic E-state index is 13.4. The molecule has 0 bridgehead atoms. The Bertz CT molecular complexity index is 956. The van der Waals surface area contributed by atoms with Crippen LogP contribution in [0.1, 0.15) is 30.6 Å². The molecule has 3 aromatic rings. The van der Waals surface area contributed by atoms with E-state index in [0.29, 0.717) is 11.7 Å². The summed E-state index contributed by atoms with van der Waals surface area (Å²) >= 11 is 1.33. The molecule has 2 aromatic heterocycles.